The number of halogens is 1. The molecule has 1 saturated carbocycles. The van der Waals surface area contributed by atoms with Crippen molar-refractivity contribution < 1.29 is 9.53 Å². The maximum atomic E-state index is 12.7. The van der Waals surface area contributed by atoms with Gasteiger partial charge in [-0.3, -0.25) is 0 Å². The first-order chi connectivity index (χ1) is 10.6. The SMILES string of the molecule is CN(C(=O)N1CCOC(c2ccc(Br)cc2)C1)C1CCCC1. The van der Waals surface area contributed by atoms with Gasteiger partial charge in [0.05, 0.1) is 13.2 Å². The van der Waals surface area contributed by atoms with Crippen molar-refractivity contribution in [2.24, 2.45) is 0 Å². The van der Waals surface area contributed by atoms with Crippen LogP contribution in [0, 0.1) is 0 Å². The highest BCUT2D eigenvalue weighted by Gasteiger charge is 2.30. The van der Waals surface area contributed by atoms with Gasteiger partial charge >= 0.3 is 6.03 Å². The van der Waals surface area contributed by atoms with Gasteiger partial charge in [-0.15, -0.1) is 0 Å². The van der Waals surface area contributed by atoms with Crippen LogP contribution in [-0.4, -0.2) is 48.6 Å². The molecular formula is C17H23BrN2O2. The maximum Gasteiger partial charge on any atom is 0.320 e. The zero-order valence-corrected chi connectivity index (χ0v) is 14.6. The van der Waals surface area contributed by atoms with Gasteiger partial charge in [0, 0.05) is 24.1 Å². The second-order valence-corrected chi connectivity index (χ2v) is 7.10. The molecule has 0 N–H and O–H groups in total. The first-order valence-corrected chi connectivity index (χ1v) is 8.83. The zero-order valence-electron chi connectivity index (χ0n) is 13.0. The molecule has 1 saturated heterocycles. The van der Waals surface area contributed by atoms with Crippen molar-refractivity contribution in [3.05, 3.63) is 34.3 Å². The minimum atomic E-state index is -0.0252. The normalized spacial score (nSPS) is 22.8. The Labute approximate surface area is 140 Å². The van der Waals surface area contributed by atoms with Gasteiger partial charge in [0.2, 0.25) is 0 Å². The molecule has 4 nitrogen and oxygen atoms in total. The van der Waals surface area contributed by atoms with Crippen molar-refractivity contribution in [3.8, 4) is 0 Å². The molecule has 1 aliphatic heterocycles. The highest BCUT2D eigenvalue weighted by atomic mass is 79.9. The fourth-order valence-corrected chi connectivity index (χ4v) is 3.64. The summed E-state index contributed by atoms with van der Waals surface area (Å²) in [7, 11) is 1.95. The fourth-order valence-electron chi connectivity index (χ4n) is 3.37. The third-order valence-electron chi connectivity index (χ3n) is 4.75. The Kier molecular flexibility index (Phi) is 5.03. The van der Waals surface area contributed by atoms with Crippen LogP contribution in [0.25, 0.3) is 0 Å². The first kappa shape index (κ1) is 15.8. The Morgan fingerprint density at radius 2 is 1.95 bits per heavy atom. The molecule has 3 rings (SSSR count). The standard InChI is InChI=1S/C17H23BrN2O2/c1-19(15-4-2-3-5-15)17(21)20-10-11-22-16(12-20)13-6-8-14(18)9-7-13/h6-9,15-16H,2-5,10-12H2,1H3. The second-order valence-electron chi connectivity index (χ2n) is 6.19. The highest BCUT2D eigenvalue weighted by molar-refractivity contribution is 9.10. The molecule has 5 heteroatoms. The van der Waals surface area contributed by atoms with Crippen molar-refractivity contribution in [3.63, 3.8) is 0 Å². The average Bonchev–Trinajstić information content (AvgIpc) is 3.09. The molecule has 1 heterocycles. The van der Waals surface area contributed by atoms with Crippen LogP contribution in [0.1, 0.15) is 37.4 Å². The van der Waals surface area contributed by atoms with E-state index >= 15 is 0 Å². The lowest BCUT2D eigenvalue weighted by Gasteiger charge is -2.37. The van der Waals surface area contributed by atoms with Gasteiger partial charge in [0.1, 0.15) is 6.10 Å². The van der Waals surface area contributed by atoms with Gasteiger partial charge < -0.3 is 14.5 Å². The van der Waals surface area contributed by atoms with Crippen molar-refractivity contribution >= 4 is 22.0 Å². The molecule has 1 aliphatic carbocycles. The third-order valence-corrected chi connectivity index (χ3v) is 5.28. The van der Waals surface area contributed by atoms with Crippen molar-refractivity contribution in [2.75, 3.05) is 26.7 Å². The molecule has 1 aromatic rings. The minimum Gasteiger partial charge on any atom is -0.370 e. The van der Waals surface area contributed by atoms with E-state index in [1.807, 2.05) is 29.0 Å². The van der Waals surface area contributed by atoms with Crippen LogP contribution in [0.3, 0.4) is 0 Å². The summed E-state index contributed by atoms with van der Waals surface area (Å²) in [6.07, 6.45) is 4.74. The van der Waals surface area contributed by atoms with Gasteiger partial charge in [-0.2, -0.15) is 0 Å². The van der Waals surface area contributed by atoms with Crippen LogP contribution in [0.4, 0.5) is 4.79 Å². The van der Waals surface area contributed by atoms with Crippen LogP contribution in [0.15, 0.2) is 28.7 Å². The molecule has 120 valence electrons. The predicted molar refractivity (Wildman–Crippen MR) is 89.8 cm³/mol. The van der Waals surface area contributed by atoms with Crippen LogP contribution >= 0.6 is 15.9 Å². The fraction of sp³-hybridized carbons (Fsp3) is 0.588. The molecule has 0 bridgehead atoms. The number of benzene rings is 1. The van der Waals surface area contributed by atoms with Crippen LogP contribution in [0.5, 0.6) is 0 Å². The topological polar surface area (TPSA) is 32.8 Å². The Morgan fingerprint density at radius 3 is 2.64 bits per heavy atom. The molecule has 1 unspecified atom stereocenters. The molecule has 2 amide bonds. The number of carbonyl (C=O) groups is 1. The monoisotopic (exact) mass is 366 g/mol. The summed E-state index contributed by atoms with van der Waals surface area (Å²) >= 11 is 3.45. The van der Waals surface area contributed by atoms with E-state index in [1.165, 1.54) is 12.8 Å². The van der Waals surface area contributed by atoms with E-state index in [9.17, 15) is 4.79 Å². The number of urea groups is 1. The lowest BCUT2D eigenvalue weighted by Crippen LogP contribution is -2.50. The van der Waals surface area contributed by atoms with Gasteiger partial charge in [-0.1, -0.05) is 40.9 Å². The average molecular weight is 367 g/mol. The van der Waals surface area contributed by atoms with E-state index in [1.54, 1.807) is 0 Å². The molecule has 1 atom stereocenters. The molecule has 1 aromatic carbocycles. The lowest BCUT2D eigenvalue weighted by atomic mass is 10.1. The summed E-state index contributed by atoms with van der Waals surface area (Å²) in [5.74, 6) is 0. The maximum absolute atomic E-state index is 12.7. The Morgan fingerprint density at radius 1 is 1.27 bits per heavy atom. The molecule has 2 fully saturated rings. The zero-order chi connectivity index (χ0) is 15.5. The number of hydrogen-bond acceptors (Lipinski definition) is 2. The van der Waals surface area contributed by atoms with E-state index in [0.29, 0.717) is 25.7 Å². The number of hydrogen-bond donors (Lipinski definition) is 0. The third kappa shape index (κ3) is 3.46. The Hall–Kier alpha value is -1.07. The molecule has 22 heavy (non-hydrogen) atoms. The molecular weight excluding hydrogens is 344 g/mol. The Balaban J connectivity index is 1.64. The van der Waals surface area contributed by atoms with Gasteiger partial charge in [0.15, 0.2) is 0 Å². The minimum absolute atomic E-state index is 0.0252. The summed E-state index contributed by atoms with van der Waals surface area (Å²) in [6, 6.07) is 8.72. The quantitative estimate of drug-likeness (QED) is 0.796. The van der Waals surface area contributed by atoms with E-state index in [2.05, 4.69) is 28.1 Å². The predicted octanol–water partition coefficient (Wildman–Crippen LogP) is 3.82. The van der Waals surface area contributed by atoms with Crippen LogP contribution in [0.2, 0.25) is 0 Å². The van der Waals surface area contributed by atoms with Crippen molar-refractivity contribution in [1.29, 1.82) is 0 Å². The van der Waals surface area contributed by atoms with Gasteiger partial charge in [-0.25, -0.2) is 4.79 Å². The summed E-state index contributed by atoms with van der Waals surface area (Å²) in [5.41, 5.74) is 1.13. The number of rotatable bonds is 2. The number of nitrogens with zero attached hydrogens (tertiary/aromatic N) is 2. The van der Waals surface area contributed by atoms with E-state index < -0.39 is 0 Å². The van der Waals surface area contributed by atoms with E-state index in [-0.39, 0.29) is 12.1 Å². The lowest BCUT2D eigenvalue weighted by molar-refractivity contribution is -0.0210. The largest absolute Gasteiger partial charge is 0.370 e. The first-order valence-electron chi connectivity index (χ1n) is 8.04. The number of ether oxygens (including phenoxy) is 1. The van der Waals surface area contributed by atoms with E-state index in [0.717, 1.165) is 22.9 Å². The van der Waals surface area contributed by atoms with Crippen LogP contribution in [-0.2, 0) is 4.74 Å². The molecule has 0 aromatic heterocycles. The van der Waals surface area contributed by atoms with E-state index in [4.69, 9.17) is 4.74 Å². The molecule has 0 spiro atoms. The second kappa shape index (κ2) is 7.01. The number of carbonyl (C=O) groups excluding carboxylic acids is 1. The van der Waals surface area contributed by atoms with Gasteiger partial charge in [-0.05, 0) is 30.5 Å². The highest BCUT2D eigenvalue weighted by Crippen LogP contribution is 2.27. The Bertz CT molecular complexity index is 514. The van der Waals surface area contributed by atoms with Crippen molar-refractivity contribution in [1.82, 2.24) is 9.80 Å². The number of morpholine rings is 1. The summed E-state index contributed by atoms with van der Waals surface area (Å²) < 4.78 is 6.92. The molecule has 0 radical (unpaired) electrons. The van der Waals surface area contributed by atoms with Crippen LogP contribution < -0.4 is 0 Å². The molecule has 2 aliphatic rings. The van der Waals surface area contributed by atoms with Gasteiger partial charge in [0.25, 0.3) is 0 Å². The van der Waals surface area contributed by atoms with Crippen molar-refractivity contribution in [2.45, 2.75) is 37.8 Å². The smallest absolute Gasteiger partial charge is 0.320 e. The summed E-state index contributed by atoms with van der Waals surface area (Å²) in [6.45, 7) is 1.92. The number of amides is 2. The summed E-state index contributed by atoms with van der Waals surface area (Å²) in [4.78, 5) is 16.6. The summed E-state index contributed by atoms with van der Waals surface area (Å²) in [5, 5.41) is 0.